The minimum atomic E-state index is -2.32. The van der Waals surface area contributed by atoms with E-state index in [2.05, 4.69) is 46.8 Å². The third-order valence-electron chi connectivity index (χ3n) is 7.82. The van der Waals surface area contributed by atoms with Crippen LogP contribution in [0.25, 0.3) is 0 Å². The van der Waals surface area contributed by atoms with Gasteiger partial charge in [0.25, 0.3) is 12.3 Å². The fourth-order valence-corrected chi connectivity index (χ4v) is 5.98. The van der Waals surface area contributed by atoms with Crippen molar-refractivity contribution in [3.05, 3.63) is 64.3 Å². The molecule has 37 heavy (non-hydrogen) atoms. The Morgan fingerprint density at radius 3 is 2.65 bits per heavy atom. The summed E-state index contributed by atoms with van der Waals surface area (Å²) >= 11 is 0. The molecular weight excluding hydrogens is 472 g/mol. The number of hydrogen-bond acceptors (Lipinski definition) is 4. The molecule has 0 bridgehead atoms. The highest BCUT2D eigenvalue weighted by Crippen LogP contribution is 2.33. The van der Waals surface area contributed by atoms with E-state index in [4.69, 9.17) is 0 Å². The lowest BCUT2D eigenvalue weighted by molar-refractivity contribution is -0.115. The van der Waals surface area contributed by atoms with Crippen LogP contribution in [0.1, 0.15) is 74.7 Å². The van der Waals surface area contributed by atoms with Crippen molar-refractivity contribution < 1.29 is 18.4 Å². The average molecular weight is 512 g/mol. The van der Waals surface area contributed by atoms with Gasteiger partial charge in [0.2, 0.25) is 0 Å². The molecule has 7 heteroatoms. The van der Waals surface area contributed by atoms with Gasteiger partial charge in [-0.25, -0.2) is 8.78 Å². The summed E-state index contributed by atoms with van der Waals surface area (Å²) in [5.41, 5.74) is 5.52. The first-order valence-corrected chi connectivity index (χ1v) is 13.6. The van der Waals surface area contributed by atoms with Crippen molar-refractivity contribution in [3.63, 3.8) is 0 Å². The van der Waals surface area contributed by atoms with Crippen molar-refractivity contribution in [2.75, 3.05) is 24.5 Å². The summed E-state index contributed by atoms with van der Waals surface area (Å²) in [6, 6.07) is 6.33. The maximum atomic E-state index is 13.4. The Kier molecular flexibility index (Phi) is 9.30. The van der Waals surface area contributed by atoms with Gasteiger partial charge in [-0.15, -0.1) is 0 Å². The van der Waals surface area contributed by atoms with Crippen molar-refractivity contribution in [1.29, 1.82) is 0 Å². The number of anilines is 1. The van der Waals surface area contributed by atoms with Crippen LogP contribution < -0.4 is 15.5 Å². The second-order valence-corrected chi connectivity index (χ2v) is 10.4. The largest absolute Gasteiger partial charge is 0.369 e. The zero-order chi connectivity index (χ0) is 26.4. The third kappa shape index (κ3) is 6.75. The molecule has 5 nitrogen and oxygen atoms in total. The van der Waals surface area contributed by atoms with E-state index in [1.807, 2.05) is 19.1 Å². The molecule has 1 amide bonds. The van der Waals surface area contributed by atoms with Gasteiger partial charge in [-0.2, -0.15) is 0 Å². The number of halogens is 2. The van der Waals surface area contributed by atoms with Crippen LogP contribution in [0.5, 0.6) is 0 Å². The van der Waals surface area contributed by atoms with Crippen molar-refractivity contribution in [2.45, 2.75) is 83.7 Å². The molecule has 1 heterocycles. The summed E-state index contributed by atoms with van der Waals surface area (Å²) in [5.74, 6) is -0.0613. The second kappa shape index (κ2) is 12.6. The molecular formula is C30H39F2N3O2. The number of carbonyl (C=O) groups excluding carboxylic acids is 2. The van der Waals surface area contributed by atoms with Crippen LogP contribution in [0.4, 0.5) is 14.5 Å². The Labute approximate surface area is 219 Å². The predicted octanol–water partition coefficient (Wildman–Crippen LogP) is 5.52. The zero-order valence-electron chi connectivity index (χ0n) is 22.0. The third-order valence-corrected chi connectivity index (χ3v) is 7.82. The quantitative estimate of drug-likeness (QED) is 0.494. The SMILES string of the molecule is CCN(c1cccc2c1C/C=C/CCC1=C(CNC2=O)C(=O)CC(C)=C1)C1CCC(NCC(F)F)CC1. The molecule has 1 aromatic rings. The summed E-state index contributed by atoms with van der Waals surface area (Å²) < 4.78 is 25.2. The van der Waals surface area contributed by atoms with Gasteiger partial charge in [-0.1, -0.05) is 29.9 Å². The van der Waals surface area contributed by atoms with E-state index in [1.165, 1.54) is 0 Å². The summed E-state index contributed by atoms with van der Waals surface area (Å²) in [4.78, 5) is 28.5. The first-order valence-electron chi connectivity index (χ1n) is 13.6. The summed E-state index contributed by atoms with van der Waals surface area (Å²) in [6.07, 6.45) is 10.3. The molecule has 1 aromatic carbocycles. The maximum Gasteiger partial charge on any atom is 0.251 e. The molecule has 0 aromatic heterocycles. The van der Waals surface area contributed by atoms with Gasteiger partial charge in [0, 0.05) is 48.4 Å². The monoisotopic (exact) mass is 511 g/mol. The number of nitrogens with zero attached hydrogens (tertiary/aromatic N) is 1. The van der Waals surface area contributed by atoms with Crippen molar-refractivity contribution in [2.24, 2.45) is 0 Å². The fraction of sp³-hybridized carbons (Fsp3) is 0.533. The van der Waals surface area contributed by atoms with Gasteiger partial charge < -0.3 is 15.5 Å². The molecule has 2 N–H and O–H groups in total. The molecule has 1 fully saturated rings. The van der Waals surface area contributed by atoms with Crippen LogP contribution in [0.2, 0.25) is 0 Å². The Morgan fingerprint density at radius 2 is 1.92 bits per heavy atom. The molecule has 0 spiro atoms. The van der Waals surface area contributed by atoms with E-state index >= 15 is 0 Å². The van der Waals surface area contributed by atoms with Crippen LogP contribution >= 0.6 is 0 Å². The number of amides is 1. The highest BCUT2D eigenvalue weighted by atomic mass is 19.3. The van der Waals surface area contributed by atoms with Crippen molar-refractivity contribution >= 4 is 17.4 Å². The van der Waals surface area contributed by atoms with Crippen LogP contribution in [0, 0.1) is 0 Å². The van der Waals surface area contributed by atoms with Crippen LogP contribution in [0.15, 0.2) is 53.1 Å². The lowest BCUT2D eigenvalue weighted by Crippen LogP contribution is -2.44. The molecule has 1 saturated carbocycles. The lowest BCUT2D eigenvalue weighted by Gasteiger charge is -2.39. The maximum absolute atomic E-state index is 13.4. The molecule has 1 aliphatic heterocycles. The van der Waals surface area contributed by atoms with Crippen molar-refractivity contribution in [1.82, 2.24) is 10.6 Å². The summed E-state index contributed by atoms with van der Waals surface area (Å²) in [7, 11) is 0. The number of ketones is 1. The highest BCUT2D eigenvalue weighted by molar-refractivity contribution is 6.02. The van der Waals surface area contributed by atoms with Crippen LogP contribution in [-0.2, 0) is 11.2 Å². The summed E-state index contributed by atoms with van der Waals surface area (Å²) in [5, 5.41) is 6.03. The van der Waals surface area contributed by atoms with Gasteiger partial charge in [0.1, 0.15) is 0 Å². The van der Waals surface area contributed by atoms with Gasteiger partial charge >= 0.3 is 0 Å². The topological polar surface area (TPSA) is 61.4 Å². The Morgan fingerprint density at radius 1 is 1.14 bits per heavy atom. The zero-order valence-corrected chi connectivity index (χ0v) is 22.0. The number of fused-ring (bicyclic) bond motifs is 1. The average Bonchev–Trinajstić information content (AvgIpc) is 2.87. The van der Waals surface area contributed by atoms with Crippen LogP contribution in [0.3, 0.4) is 0 Å². The summed E-state index contributed by atoms with van der Waals surface area (Å²) in [6.45, 7) is 4.91. The minimum Gasteiger partial charge on any atom is -0.369 e. The first-order chi connectivity index (χ1) is 17.9. The van der Waals surface area contributed by atoms with E-state index in [9.17, 15) is 18.4 Å². The number of benzene rings is 1. The number of allylic oxidation sites excluding steroid dienone is 5. The number of hydrogen-bond donors (Lipinski definition) is 2. The van der Waals surface area contributed by atoms with Crippen LogP contribution in [-0.4, -0.2) is 49.8 Å². The lowest BCUT2D eigenvalue weighted by atomic mass is 9.88. The smallest absolute Gasteiger partial charge is 0.251 e. The normalized spacial score (nSPS) is 23.9. The predicted molar refractivity (Wildman–Crippen MR) is 144 cm³/mol. The number of rotatable bonds is 6. The van der Waals surface area contributed by atoms with E-state index < -0.39 is 6.43 Å². The standard InChI is InChI=1S/C30H39F2N3O2/c1-3-35(23-14-12-22(13-15-23)33-19-29(31)32)27-11-7-10-25-24(27)9-6-4-5-8-21-16-20(2)17-28(36)26(21)18-34-30(25)37/h4,6-7,10-11,16,22-23,29,33H,3,5,8-9,12-15,17-19H2,1-2H3,(H,34,37)/b6-4+. The number of carbonyl (C=O) groups is 2. The van der Waals surface area contributed by atoms with Gasteiger partial charge in [0.05, 0.1) is 6.54 Å². The number of alkyl halides is 2. The fourth-order valence-electron chi connectivity index (χ4n) is 5.98. The highest BCUT2D eigenvalue weighted by Gasteiger charge is 2.28. The second-order valence-electron chi connectivity index (χ2n) is 10.4. The van der Waals surface area contributed by atoms with Gasteiger partial charge in [-0.05, 0) is 82.1 Å². The molecule has 0 radical (unpaired) electrons. The number of nitrogens with one attached hydrogen (secondary N) is 2. The van der Waals surface area contributed by atoms with E-state index in [1.54, 1.807) is 0 Å². The molecule has 3 aliphatic rings. The van der Waals surface area contributed by atoms with E-state index in [0.717, 1.165) is 73.0 Å². The molecule has 2 aliphatic carbocycles. The molecule has 4 rings (SSSR count). The molecule has 0 unspecified atom stereocenters. The number of Topliss-reactive ketones (excluding diaryl/α,β-unsaturated/α-hetero) is 1. The minimum absolute atomic E-state index is 0.0983. The molecule has 0 atom stereocenters. The Bertz CT molecular complexity index is 1080. The van der Waals surface area contributed by atoms with Crippen molar-refractivity contribution in [3.8, 4) is 0 Å². The van der Waals surface area contributed by atoms with Gasteiger partial charge in [-0.3, -0.25) is 9.59 Å². The molecule has 0 saturated heterocycles. The van der Waals surface area contributed by atoms with E-state index in [0.29, 0.717) is 24.4 Å². The van der Waals surface area contributed by atoms with Gasteiger partial charge in [0.15, 0.2) is 5.78 Å². The Hall–Kier alpha value is -2.80. The van der Waals surface area contributed by atoms with E-state index in [-0.39, 0.29) is 30.8 Å². The first kappa shape index (κ1) is 27.2. The Balaban J connectivity index is 1.56. The molecule has 200 valence electrons.